The summed E-state index contributed by atoms with van der Waals surface area (Å²) in [4.78, 5) is 16.7. The van der Waals surface area contributed by atoms with Gasteiger partial charge < -0.3 is 9.84 Å². The van der Waals surface area contributed by atoms with Crippen molar-refractivity contribution < 1.29 is 14.6 Å². The van der Waals surface area contributed by atoms with Gasteiger partial charge in [-0.3, -0.25) is 4.99 Å². The summed E-state index contributed by atoms with van der Waals surface area (Å²) in [5.74, 6) is -0.325. The predicted molar refractivity (Wildman–Crippen MR) is 102 cm³/mol. The molecule has 4 nitrogen and oxygen atoms in total. The molecule has 26 heavy (non-hydrogen) atoms. The number of rotatable bonds is 4. The molecule has 0 aromatic heterocycles. The van der Waals surface area contributed by atoms with Crippen LogP contribution in [-0.4, -0.2) is 23.9 Å². The molecule has 1 fully saturated rings. The van der Waals surface area contributed by atoms with Gasteiger partial charge in [0.15, 0.2) is 0 Å². The van der Waals surface area contributed by atoms with E-state index in [-0.39, 0.29) is 5.41 Å². The molecule has 1 saturated carbocycles. The van der Waals surface area contributed by atoms with Gasteiger partial charge in [-0.25, -0.2) is 4.79 Å². The van der Waals surface area contributed by atoms with Crippen LogP contribution in [0, 0.1) is 0 Å². The lowest BCUT2D eigenvalue weighted by Gasteiger charge is -2.36. The second-order valence-electron chi connectivity index (χ2n) is 6.95. The van der Waals surface area contributed by atoms with Gasteiger partial charge in [-0.1, -0.05) is 36.2 Å². The molecule has 0 saturated heterocycles. The molecular formula is C21H20ClNO3. The minimum atomic E-state index is -0.936. The van der Waals surface area contributed by atoms with Crippen LogP contribution in [0.2, 0.25) is 5.02 Å². The quantitative estimate of drug-likeness (QED) is 0.807. The molecule has 1 atom stereocenters. The fraction of sp³-hybridized carbons (Fsp3) is 0.333. The third kappa shape index (κ3) is 2.52. The molecule has 0 bridgehead atoms. The Morgan fingerprint density at radius 2 is 2.08 bits per heavy atom. The van der Waals surface area contributed by atoms with Gasteiger partial charge in [0.2, 0.25) is 0 Å². The summed E-state index contributed by atoms with van der Waals surface area (Å²) >= 11 is 6.41. The number of hydrogen-bond acceptors (Lipinski definition) is 3. The minimum absolute atomic E-state index is 0.291. The third-order valence-corrected chi connectivity index (χ3v) is 5.94. The molecule has 4 rings (SSSR count). The van der Waals surface area contributed by atoms with Gasteiger partial charge in [0.25, 0.3) is 0 Å². The lowest BCUT2D eigenvalue weighted by Crippen LogP contribution is -2.38. The number of carbonyl (C=O) groups is 1. The van der Waals surface area contributed by atoms with Gasteiger partial charge in [0, 0.05) is 16.7 Å². The number of nitrogens with zero attached hydrogens (tertiary/aromatic N) is 1. The number of para-hydroxylation sites is 1. The Kier molecular flexibility index (Phi) is 4.23. The average Bonchev–Trinajstić information content (AvgIpc) is 2.97. The minimum Gasteiger partial charge on any atom is -0.496 e. The van der Waals surface area contributed by atoms with E-state index in [1.807, 2.05) is 18.2 Å². The molecule has 1 unspecified atom stereocenters. The van der Waals surface area contributed by atoms with E-state index in [1.165, 1.54) is 0 Å². The zero-order chi connectivity index (χ0) is 18.3. The molecule has 0 amide bonds. The molecular weight excluding hydrogens is 350 g/mol. The van der Waals surface area contributed by atoms with Gasteiger partial charge in [-0.2, -0.15) is 0 Å². The highest BCUT2D eigenvalue weighted by Crippen LogP contribution is 2.52. The van der Waals surface area contributed by atoms with Crippen molar-refractivity contribution in [1.82, 2.24) is 0 Å². The molecule has 0 spiro atoms. The van der Waals surface area contributed by atoms with Crippen LogP contribution < -0.4 is 4.74 Å². The van der Waals surface area contributed by atoms with E-state index in [0.717, 1.165) is 48.2 Å². The van der Waals surface area contributed by atoms with Crippen LogP contribution in [0.15, 0.2) is 41.4 Å². The van der Waals surface area contributed by atoms with Crippen LogP contribution in [0.1, 0.15) is 47.2 Å². The first-order chi connectivity index (χ1) is 12.6. The number of fused-ring (bicyclic) bond motifs is 3. The standard InChI is InChI=1S/C21H20ClNO3/c1-26-17-9-4-6-13(20(24)25)14(17)12-21-11-3-2-10-18(21)23-19-15(21)7-5-8-16(19)22/h4-9H,2-3,10-12H2,1H3,(H,24,25). The van der Waals surface area contributed by atoms with Crippen molar-refractivity contribution in [2.45, 2.75) is 37.5 Å². The van der Waals surface area contributed by atoms with E-state index in [1.54, 1.807) is 19.2 Å². The Morgan fingerprint density at radius 1 is 1.27 bits per heavy atom. The molecule has 1 heterocycles. The lowest BCUT2D eigenvalue weighted by molar-refractivity contribution is 0.0695. The van der Waals surface area contributed by atoms with Crippen molar-refractivity contribution in [2.24, 2.45) is 4.99 Å². The van der Waals surface area contributed by atoms with Gasteiger partial charge in [0.05, 0.1) is 23.4 Å². The number of hydrogen-bond donors (Lipinski definition) is 1. The predicted octanol–water partition coefficient (Wildman–Crippen LogP) is 5.19. The number of benzene rings is 2. The highest BCUT2D eigenvalue weighted by Gasteiger charge is 2.46. The van der Waals surface area contributed by atoms with Crippen molar-refractivity contribution in [1.29, 1.82) is 0 Å². The zero-order valence-electron chi connectivity index (χ0n) is 14.6. The highest BCUT2D eigenvalue weighted by molar-refractivity contribution is 6.33. The molecule has 2 aromatic rings. The summed E-state index contributed by atoms with van der Waals surface area (Å²) in [7, 11) is 1.58. The first-order valence-electron chi connectivity index (χ1n) is 8.83. The molecule has 0 radical (unpaired) electrons. The van der Waals surface area contributed by atoms with Crippen LogP contribution >= 0.6 is 11.6 Å². The maximum atomic E-state index is 11.8. The summed E-state index contributed by atoms with van der Waals surface area (Å²) in [5.41, 5.74) is 3.80. The second kappa shape index (κ2) is 6.44. The maximum absolute atomic E-state index is 11.8. The number of carboxylic acid groups (broad SMARTS) is 1. The van der Waals surface area contributed by atoms with Gasteiger partial charge in [-0.05, 0) is 49.4 Å². The summed E-state index contributed by atoms with van der Waals surface area (Å²) in [6.07, 6.45) is 4.61. The van der Waals surface area contributed by atoms with E-state index < -0.39 is 5.97 Å². The molecule has 2 aromatic carbocycles. The van der Waals surface area contributed by atoms with Crippen molar-refractivity contribution >= 4 is 29.0 Å². The van der Waals surface area contributed by atoms with Gasteiger partial charge in [-0.15, -0.1) is 0 Å². The van der Waals surface area contributed by atoms with Gasteiger partial charge in [0.1, 0.15) is 5.75 Å². The van der Waals surface area contributed by atoms with Gasteiger partial charge >= 0.3 is 5.97 Å². The maximum Gasteiger partial charge on any atom is 0.336 e. The Hall–Kier alpha value is -2.33. The Morgan fingerprint density at radius 3 is 2.85 bits per heavy atom. The Balaban J connectivity index is 1.90. The van der Waals surface area contributed by atoms with Crippen molar-refractivity contribution in [2.75, 3.05) is 7.11 Å². The number of methoxy groups -OCH3 is 1. The molecule has 1 aliphatic carbocycles. The van der Waals surface area contributed by atoms with Crippen LogP contribution in [0.5, 0.6) is 5.75 Å². The zero-order valence-corrected chi connectivity index (χ0v) is 15.3. The fourth-order valence-corrected chi connectivity index (χ4v) is 4.65. The fourth-order valence-electron chi connectivity index (χ4n) is 4.43. The summed E-state index contributed by atoms with van der Waals surface area (Å²) in [6.45, 7) is 0. The average molecular weight is 370 g/mol. The molecule has 134 valence electrons. The van der Waals surface area contributed by atoms with Crippen molar-refractivity contribution in [3.8, 4) is 5.75 Å². The van der Waals surface area contributed by atoms with Crippen LogP contribution in [0.4, 0.5) is 5.69 Å². The summed E-state index contributed by atoms with van der Waals surface area (Å²) < 4.78 is 5.51. The van der Waals surface area contributed by atoms with E-state index in [0.29, 0.717) is 22.8 Å². The largest absolute Gasteiger partial charge is 0.496 e. The normalized spacial score (nSPS) is 20.9. The first-order valence-corrected chi connectivity index (χ1v) is 9.21. The topological polar surface area (TPSA) is 58.9 Å². The molecule has 5 heteroatoms. The third-order valence-electron chi connectivity index (χ3n) is 5.63. The Labute approximate surface area is 157 Å². The van der Waals surface area contributed by atoms with E-state index in [4.69, 9.17) is 21.3 Å². The molecule has 1 aliphatic heterocycles. The number of aliphatic imine (C=N–C) groups is 1. The number of aromatic carboxylic acids is 1. The second-order valence-corrected chi connectivity index (χ2v) is 7.36. The van der Waals surface area contributed by atoms with Crippen LogP contribution in [0.25, 0.3) is 0 Å². The number of carboxylic acids is 1. The molecule has 2 aliphatic rings. The van der Waals surface area contributed by atoms with E-state index >= 15 is 0 Å². The highest BCUT2D eigenvalue weighted by atomic mass is 35.5. The lowest BCUT2D eigenvalue weighted by atomic mass is 9.65. The number of ether oxygens (including phenoxy) is 1. The van der Waals surface area contributed by atoms with E-state index in [9.17, 15) is 9.90 Å². The monoisotopic (exact) mass is 369 g/mol. The van der Waals surface area contributed by atoms with Crippen molar-refractivity contribution in [3.05, 3.63) is 58.1 Å². The smallest absolute Gasteiger partial charge is 0.336 e. The molecule has 1 N–H and O–H groups in total. The summed E-state index contributed by atoms with van der Waals surface area (Å²) in [6, 6.07) is 11.1. The summed E-state index contributed by atoms with van der Waals surface area (Å²) in [5, 5.41) is 10.3. The van der Waals surface area contributed by atoms with Crippen molar-refractivity contribution in [3.63, 3.8) is 0 Å². The Bertz CT molecular complexity index is 921. The first kappa shape index (κ1) is 17.1. The number of halogens is 1. The van der Waals surface area contributed by atoms with Crippen LogP contribution in [-0.2, 0) is 11.8 Å². The van der Waals surface area contributed by atoms with Crippen LogP contribution in [0.3, 0.4) is 0 Å². The SMILES string of the molecule is COc1cccc(C(=O)O)c1CC12CCCCC1=Nc1c(Cl)cccc12. The van der Waals surface area contributed by atoms with E-state index in [2.05, 4.69) is 6.07 Å².